The number of halogens is 2. The number of benzene rings is 2. The van der Waals surface area contributed by atoms with Crippen LogP contribution >= 0.6 is 11.8 Å². The van der Waals surface area contributed by atoms with Gasteiger partial charge in [-0.25, -0.2) is 13.8 Å². The third-order valence-electron chi connectivity index (χ3n) is 5.00. The minimum Gasteiger partial charge on any atom is -0.323 e. The van der Waals surface area contributed by atoms with Crippen LogP contribution in [0.15, 0.2) is 52.4 Å². The van der Waals surface area contributed by atoms with Gasteiger partial charge < -0.3 is 5.32 Å². The summed E-state index contributed by atoms with van der Waals surface area (Å²) in [6.07, 6.45) is 3.89. The SMILES string of the molecule is O=C(CSc1nc2ccccc2c(=O)n1C1CCCC1)Nc1cc(F)ccc1F. The van der Waals surface area contributed by atoms with Gasteiger partial charge in [-0.2, -0.15) is 0 Å². The first-order chi connectivity index (χ1) is 14.0. The number of fused-ring (bicyclic) bond motifs is 1. The maximum absolute atomic E-state index is 13.7. The van der Waals surface area contributed by atoms with Crippen LogP contribution in [0.4, 0.5) is 14.5 Å². The molecule has 5 nitrogen and oxygen atoms in total. The Morgan fingerprint density at radius 3 is 2.72 bits per heavy atom. The molecule has 1 heterocycles. The van der Waals surface area contributed by atoms with E-state index in [0.29, 0.717) is 16.1 Å². The number of aromatic nitrogens is 2. The van der Waals surface area contributed by atoms with Crippen molar-refractivity contribution in [3.8, 4) is 0 Å². The highest BCUT2D eigenvalue weighted by Crippen LogP contribution is 2.32. The summed E-state index contributed by atoms with van der Waals surface area (Å²) in [4.78, 5) is 30.0. The summed E-state index contributed by atoms with van der Waals surface area (Å²) in [7, 11) is 0. The summed E-state index contributed by atoms with van der Waals surface area (Å²) in [6.45, 7) is 0. The second-order valence-corrected chi connectivity index (χ2v) is 7.93. The average Bonchev–Trinajstić information content (AvgIpc) is 3.23. The molecule has 3 aromatic rings. The zero-order valence-corrected chi connectivity index (χ0v) is 16.3. The van der Waals surface area contributed by atoms with E-state index >= 15 is 0 Å². The summed E-state index contributed by atoms with van der Waals surface area (Å²) in [5, 5.41) is 3.39. The highest BCUT2D eigenvalue weighted by Gasteiger charge is 2.23. The molecule has 1 saturated carbocycles. The van der Waals surface area contributed by atoms with Gasteiger partial charge in [0.05, 0.1) is 22.3 Å². The maximum atomic E-state index is 13.7. The molecule has 1 aliphatic rings. The topological polar surface area (TPSA) is 64.0 Å². The fraction of sp³-hybridized carbons (Fsp3) is 0.286. The zero-order chi connectivity index (χ0) is 20.4. The lowest BCUT2D eigenvalue weighted by Gasteiger charge is -2.18. The number of carbonyl (C=O) groups is 1. The molecule has 0 aliphatic heterocycles. The second-order valence-electron chi connectivity index (χ2n) is 6.99. The van der Waals surface area contributed by atoms with Gasteiger partial charge in [0.15, 0.2) is 5.16 Å². The average molecular weight is 415 g/mol. The van der Waals surface area contributed by atoms with Crippen LogP contribution in [0.3, 0.4) is 0 Å². The Kier molecular flexibility index (Phi) is 5.62. The predicted octanol–water partition coefficient (Wildman–Crippen LogP) is 4.52. The molecule has 0 unspecified atom stereocenters. The molecule has 1 amide bonds. The Bertz CT molecular complexity index is 1130. The van der Waals surface area contributed by atoms with Crippen molar-refractivity contribution in [2.24, 2.45) is 0 Å². The van der Waals surface area contributed by atoms with Gasteiger partial charge in [0.25, 0.3) is 5.56 Å². The van der Waals surface area contributed by atoms with E-state index in [1.165, 1.54) is 0 Å². The van der Waals surface area contributed by atoms with E-state index in [0.717, 1.165) is 55.6 Å². The minimum absolute atomic E-state index is 0.0610. The first-order valence-corrected chi connectivity index (χ1v) is 10.4. The Morgan fingerprint density at radius 1 is 1.17 bits per heavy atom. The van der Waals surface area contributed by atoms with Gasteiger partial charge >= 0.3 is 0 Å². The largest absolute Gasteiger partial charge is 0.323 e. The fourth-order valence-electron chi connectivity index (χ4n) is 3.62. The molecule has 29 heavy (non-hydrogen) atoms. The van der Waals surface area contributed by atoms with Gasteiger partial charge in [0, 0.05) is 12.1 Å². The highest BCUT2D eigenvalue weighted by atomic mass is 32.2. The van der Waals surface area contributed by atoms with E-state index in [-0.39, 0.29) is 23.0 Å². The fourth-order valence-corrected chi connectivity index (χ4v) is 4.49. The quantitative estimate of drug-likeness (QED) is 0.492. The zero-order valence-electron chi connectivity index (χ0n) is 15.5. The van der Waals surface area contributed by atoms with Crippen LogP contribution in [0.5, 0.6) is 0 Å². The smallest absolute Gasteiger partial charge is 0.262 e. The standard InChI is InChI=1S/C21H19F2N3O2S/c22-13-9-10-16(23)18(11-13)24-19(27)12-29-21-25-17-8-4-3-7-15(17)20(28)26(21)14-5-1-2-6-14/h3-4,7-11,14H,1-2,5-6,12H2,(H,24,27). The molecule has 0 saturated heterocycles. The van der Waals surface area contributed by atoms with E-state index in [2.05, 4.69) is 10.3 Å². The lowest BCUT2D eigenvalue weighted by atomic mass is 10.2. The Balaban J connectivity index is 1.59. The molecule has 1 aliphatic carbocycles. The van der Waals surface area contributed by atoms with Crippen LogP contribution in [-0.2, 0) is 4.79 Å². The van der Waals surface area contributed by atoms with Crippen molar-refractivity contribution in [3.05, 3.63) is 64.5 Å². The number of para-hydroxylation sites is 1. The maximum Gasteiger partial charge on any atom is 0.262 e. The summed E-state index contributed by atoms with van der Waals surface area (Å²) >= 11 is 1.12. The predicted molar refractivity (Wildman–Crippen MR) is 109 cm³/mol. The van der Waals surface area contributed by atoms with Gasteiger partial charge in [-0.05, 0) is 37.1 Å². The number of anilines is 1. The van der Waals surface area contributed by atoms with Gasteiger partial charge in [0.2, 0.25) is 5.91 Å². The molecule has 0 spiro atoms. The highest BCUT2D eigenvalue weighted by molar-refractivity contribution is 7.99. The lowest BCUT2D eigenvalue weighted by molar-refractivity contribution is -0.113. The van der Waals surface area contributed by atoms with Gasteiger partial charge in [-0.3, -0.25) is 14.2 Å². The summed E-state index contributed by atoms with van der Waals surface area (Å²) in [5.41, 5.74) is 0.252. The third-order valence-corrected chi connectivity index (χ3v) is 5.95. The molecule has 1 N–H and O–H groups in total. The Morgan fingerprint density at radius 2 is 1.93 bits per heavy atom. The molecule has 2 aromatic carbocycles. The molecular weight excluding hydrogens is 396 g/mol. The van der Waals surface area contributed by atoms with Gasteiger partial charge in [0.1, 0.15) is 11.6 Å². The third kappa shape index (κ3) is 4.17. The lowest BCUT2D eigenvalue weighted by Crippen LogP contribution is -2.27. The van der Waals surface area contributed by atoms with Crippen molar-refractivity contribution < 1.29 is 13.6 Å². The molecule has 4 rings (SSSR count). The van der Waals surface area contributed by atoms with E-state index in [1.807, 2.05) is 6.07 Å². The summed E-state index contributed by atoms with van der Waals surface area (Å²) in [5.74, 6) is -1.93. The monoisotopic (exact) mass is 415 g/mol. The summed E-state index contributed by atoms with van der Waals surface area (Å²) < 4.78 is 28.7. The van der Waals surface area contributed by atoms with Gasteiger partial charge in [-0.15, -0.1) is 0 Å². The number of hydrogen-bond acceptors (Lipinski definition) is 4. The Hall–Kier alpha value is -2.74. The number of nitrogens with one attached hydrogen (secondary N) is 1. The molecular formula is C21H19F2N3O2S. The van der Waals surface area contributed by atoms with Crippen molar-refractivity contribution in [1.82, 2.24) is 9.55 Å². The number of carbonyl (C=O) groups excluding carboxylic acids is 1. The first-order valence-electron chi connectivity index (χ1n) is 9.42. The van der Waals surface area contributed by atoms with Crippen LogP contribution in [0.2, 0.25) is 0 Å². The van der Waals surface area contributed by atoms with Crippen LogP contribution in [0.1, 0.15) is 31.7 Å². The van der Waals surface area contributed by atoms with E-state index < -0.39 is 17.5 Å². The Labute approximate surface area is 170 Å². The molecule has 8 heteroatoms. The second kappa shape index (κ2) is 8.32. The van der Waals surface area contributed by atoms with Gasteiger partial charge in [-0.1, -0.05) is 36.7 Å². The number of nitrogens with zero attached hydrogens (tertiary/aromatic N) is 2. The van der Waals surface area contributed by atoms with Crippen molar-refractivity contribution >= 4 is 34.3 Å². The number of rotatable bonds is 5. The van der Waals surface area contributed by atoms with E-state index in [4.69, 9.17) is 0 Å². The number of hydrogen-bond donors (Lipinski definition) is 1. The molecule has 1 fully saturated rings. The van der Waals surface area contributed by atoms with Crippen molar-refractivity contribution in [1.29, 1.82) is 0 Å². The molecule has 0 bridgehead atoms. The van der Waals surface area contributed by atoms with E-state index in [1.54, 1.807) is 22.8 Å². The van der Waals surface area contributed by atoms with Crippen molar-refractivity contribution in [2.45, 2.75) is 36.9 Å². The molecule has 1 aromatic heterocycles. The van der Waals surface area contributed by atoms with Crippen LogP contribution < -0.4 is 10.9 Å². The van der Waals surface area contributed by atoms with Crippen molar-refractivity contribution in [2.75, 3.05) is 11.1 Å². The van der Waals surface area contributed by atoms with Crippen LogP contribution in [0, 0.1) is 11.6 Å². The molecule has 0 radical (unpaired) electrons. The van der Waals surface area contributed by atoms with Crippen LogP contribution in [-0.4, -0.2) is 21.2 Å². The normalized spacial score (nSPS) is 14.4. The van der Waals surface area contributed by atoms with Crippen LogP contribution in [0.25, 0.3) is 10.9 Å². The first kappa shape index (κ1) is 19.6. The number of thioether (sulfide) groups is 1. The molecule has 150 valence electrons. The summed E-state index contributed by atoms with van der Waals surface area (Å²) in [6, 6.07) is 10.1. The van der Waals surface area contributed by atoms with Crippen molar-refractivity contribution in [3.63, 3.8) is 0 Å². The minimum atomic E-state index is -0.712. The number of amides is 1. The molecule has 0 atom stereocenters. The van der Waals surface area contributed by atoms with E-state index in [9.17, 15) is 18.4 Å².